The molecule has 0 atom stereocenters. The van der Waals surface area contributed by atoms with E-state index in [4.69, 9.17) is 9.47 Å². The molecular formula is C22H28N2O3. The molecule has 144 valence electrons. The minimum Gasteiger partial charge on any atom is -0.494 e. The van der Waals surface area contributed by atoms with Crippen molar-refractivity contribution in [2.45, 2.75) is 39.7 Å². The molecule has 0 bridgehead atoms. The summed E-state index contributed by atoms with van der Waals surface area (Å²) in [6, 6.07) is 14.9. The van der Waals surface area contributed by atoms with Crippen molar-refractivity contribution in [3.05, 3.63) is 71.9 Å². The summed E-state index contributed by atoms with van der Waals surface area (Å²) < 4.78 is 11.2. The summed E-state index contributed by atoms with van der Waals surface area (Å²) in [5.41, 5.74) is 7.91. The molecule has 0 fully saturated rings. The first-order valence-corrected chi connectivity index (χ1v) is 9.31. The van der Waals surface area contributed by atoms with Crippen LogP contribution in [0.15, 0.2) is 60.8 Å². The van der Waals surface area contributed by atoms with Crippen LogP contribution in [0.5, 0.6) is 11.5 Å². The highest BCUT2D eigenvalue weighted by molar-refractivity contribution is 5.93. The van der Waals surface area contributed by atoms with Gasteiger partial charge in [-0.15, -0.1) is 0 Å². The molecule has 5 nitrogen and oxygen atoms in total. The molecule has 5 heteroatoms. The third-order valence-electron chi connectivity index (χ3n) is 3.94. The number of ether oxygens (including phenoxy) is 2. The number of carbonyl (C=O) groups is 1. The smallest absolute Gasteiger partial charge is 0.269 e. The van der Waals surface area contributed by atoms with Crippen LogP contribution < -0.4 is 20.3 Å². The highest BCUT2D eigenvalue weighted by Gasteiger charge is 2.06. The first-order chi connectivity index (χ1) is 13.1. The summed E-state index contributed by atoms with van der Waals surface area (Å²) in [6.45, 7) is 9.03. The van der Waals surface area contributed by atoms with Gasteiger partial charge in [-0.1, -0.05) is 32.1 Å². The fourth-order valence-corrected chi connectivity index (χ4v) is 2.39. The molecule has 1 amide bonds. The Morgan fingerprint density at radius 2 is 1.56 bits per heavy atom. The number of benzene rings is 2. The summed E-state index contributed by atoms with van der Waals surface area (Å²) in [7, 11) is 0. The Balaban J connectivity index is 1.80. The lowest BCUT2D eigenvalue weighted by atomic mass is 10.1. The molecule has 0 aliphatic rings. The molecule has 0 aromatic heterocycles. The second-order valence-corrected chi connectivity index (χ2v) is 6.18. The average Bonchev–Trinajstić information content (AvgIpc) is 2.70. The summed E-state index contributed by atoms with van der Waals surface area (Å²) in [5.74, 6) is 1.41. The standard InChI is InChI=1S/C22H28N2O3/c1-4-6-7-17(3)23-24-22(25)19-10-8-18(9-11-19)16-27-21-14-12-20(13-15-21)26-5-2/h8-15,23H,3-7,16H2,1-2H3,(H,24,25). The van der Waals surface area contributed by atoms with Crippen molar-refractivity contribution in [3.63, 3.8) is 0 Å². The van der Waals surface area contributed by atoms with E-state index in [-0.39, 0.29) is 5.91 Å². The highest BCUT2D eigenvalue weighted by atomic mass is 16.5. The van der Waals surface area contributed by atoms with E-state index < -0.39 is 0 Å². The second-order valence-electron chi connectivity index (χ2n) is 6.18. The first kappa shape index (κ1) is 20.4. The number of allylic oxidation sites excluding steroid dienone is 1. The number of amides is 1. The lowest BCUT2D eigenvalue weighted by Gasteiger charge is -2.11. The number of carbonyl (C=O) groups excluding carboxylic acids is 1. The summed E-state index contributed by atoms with van der Waals surface area (Å²) >= 11 is 0. The zero-order chi connectivity index (χ0) is 19.5. The zero-order valence-corrected chi connectivity index (χ0v) is 16.1. The van der Waals surface area contributed by atoms with Gasteiger partial charge in [0.1, 0.15) is 18.1 Å². The number of hydrazine groups is 1. The SMILES string of the molecule is C=C(CCCC)NNC(=O)c1ccc(COc2ccc(OCC)cc2)cc1. The Morgan fingerprint density at radius 1 is 0.926 bits per heavy atom. The van der Waals surface area contributed by atoms with E-state index in [9.17, 15) is 4.79 Å². The number of hydrogen-bond acceptors (Lipinski definition) is 4. The van der Waals surface area contributed by atoms with Crippen LogP contribution in [0, 0.1) is 0 Å². The van der Waals surface area contributed by atoms with Crippen LogP contribution in [0.25, 0.3) is 0 Å². The Bertz CT molecular complexity index is 724. The van der Waals surface area contributed by atoms with Gasteiger partial charge >= 0.3 is 0 Å². The van der Waals surface area contributed by atoms with Gasteiger partial charge in [0.25, 0.3) is 5.91 Å². The molecule has 27 heavy (non-hydrogen) atoms. The Hall–Kier alpha value is -2.95. The molecule has 2 aromatic carbocycles. The predicted molar refractivity (Wildman–Crippen MR) is 108 cm³/mol. The maximum atomic E-state index is 12.1. The van der Waals surface area contributed by atoms with Crippen molar-refractivity contribution >= 4 is 5.91 Å². The van der Waals surface area contributed by atoms with Gasteiger partial charge in [-0.3, -0.25) is 10.2 Å². The number of unbranched alkanes of at least 4 members (excludes halogenated alkanes) is 1. The Morgan fingerprint density at radius 3 is 2.15 bits per heavy atom. The van der Waals surface area contributed by atoms with Crippen molar-refractivity contribution in [1.82, 2.24) is 10.9 Å². The maximum Gasteiger partial charge on any atom is 0.269 e. The van der Waals surface area contributed by atoms with Gasteiger partial charge < -0.3 is 14.9 Å². The monoisotopic (exact) mass is 368 g/mol. The number of hydrogen-bond donors (Lipinski definition) is 2. The second kappa shape index (κ2) is 10.9. The molecule has 0 spiro atoms. The van der Waals surface area contributed by atoms with E-state index in [2.05, 4.69) is 24.4 Å². The minimum atomic E-state index is -0.188. The van der Waals surface area contributed by atoms with Gasteiger partial charge in [-0.2, -0.15) is 0 Å². The van der Waals surface area contributed by atoms with E-state index >= 15 is 0 Å². The van der Waals surface area contributed by atoms with Crippen LogP contribution in [0.1, 0.15) is 49.0 Å². The van der Waals surface area contributed by atoms with Crippen LogP contribution in [0.4, 0.5) is 0 Å². The maximum absolute atomic E-state index is 12.1. The third-order valence-corrected chi connectivity index (χ3v) is 3.94. The molecule has 0 aliphatic carbocycles. The van der Waals surface area contributed by atoms with Gasteiger partial charge in [0.05, 0.1) is 6.61 Å². The minimum absolute atomic E-state index is 0.188. The molecule has 0 aliphatic heterocycles. The molecule has 0 radical (unpaired) electrons. The predicted octanol–water partition coefficient (Wildman–Crippen LogP) is 4.60. The normalized spacial score (nSPS) is 10.1. The average molecular weight is 368 g/mol. The Kier molecular flexibility index (Phi) is 8.23. The molecule has 2 N–H and O–H groups in total. The van der Waals surface area contributed by atoms with Crippen molar-refractivity contribution in [3.8, 4) is 11.5 Å². The molecule has 0 saturated carbocycles. The number of nitrogens with one attached hydrogen (secondary N) is 2. The first-order valence-electron chi connectivity index (χ1n) is 9.31. The van der Waals surface area contributed by atoms with E-state index in [0.717, 1.165) is 42.0 Å². The van der Waals surface area contributed by atoms with Crippen LogP contribution in [0.2, 0.25) is 0 Å². The van der Waals surface area contributed by atoms with Gasteiger partial charge in [-0.25, -0.2) is 0 Å². The van der Waals surface area contributed by atoms with Crippen molar-refractivity contribution in [2.24, 2.45) is 0 Å². The van der Waals surface area contributed by atoms with Crippen molar-refractivity contribution < 1.29 is 14.3 Å². The van der Waals surface area contributed by atoms with Gasteiger partial charge in [-0.05, 0) is 61.7 Å². The lowest BCUT2D eigenvalue weighted by molar-refractivity contribution is 0.0938. The summed E-state index contributed by atoms with van der Waals surface area (Å²) in [6.07, 6.45) is 2.98. The molecule has 0 saturated heterocycles. The zero-order valence-electron chi connectivity index (χ0n) is 16.1. The van der Waals surface area contributed by atoms with Gasteiger partial charge in [0, 0.05) is 11.3 Å². The molecule has 0 unspecified atom stereocenters. The molecule has 2 aromatic rings. The highest BCUT2D eigenvalue weighted by Crippen LogP contribution is 2.18. The van der Waals surface area contributed by atoms with Crippen molar-refractivity contribution in [2.75, 3.05) is 6.61 Å². The molecule has 0 heterocycles. The topological polar surface area (TPSA) is 59.6 Å². The third kappa shape index (κ3) is 7.05. The van der Waals surface area contributed by atoms with Crippen LogP contribution in [0.3, 0.4) is 0 Å². The summed E-state index contributed by atoms with van der Waals surface area (Å²) in [4.78, 5) is 12.1. The van der Waals surface area contributed by atoms with Crippen LogP contribution in [-0.4, -0.2) is 12.5 Å². The Labute approximate surface area is 161 Å². The number of rotatable bonds is 11. The molecular weight excluding hydrogens is 340 g/mol. The van der Waals surface area contributed by atoms with Gasteiger partial charge in [0.2, 0.25) is 0 Å². The van der Waals surface area contributed by atoms with Gasteiger partial charge in [0.15, 0.2) is 0 Å². The van der Waals surface area contributed by atoms with E-state index in [0.29, 0.717) is 18.8 Å². The largest absolute Gasteiger partial charge is 0.494 e. The quantitative estimate of drug-likeness (QED) is 0.569. The fraction of sp³-hybridized carbons (Fsp3) is 0.318. The lowest BCUT2D eigenvalue weighted by Crippen LogP contribution is -2.36. The summed E-state index contributed by atoms with van der Waals surface area (Å²) in [5, 5.41) is 0. The van der Waals surface area contributed by atoms with E-state index in [1.807, 2.05) is 43.3 Å². The van der Waals surface area contributed by atoms with E-state index in [1.165, 1.54) is 0 Å². The van der Waals surface area contributed by atoms with Crippen molar-refractivity contribution in [1.29, 1.82) is 0 Å². The van der Waals surface area contributed by atoms with Crippen LogP contribution in [-0.2, 0) is 6.61 Å². The van der Waals surface area contributed by atoms with E-state index in [1.54, 1.807) is 12.1 Å². The van der Waals surface area contributed by atoms with Crippen LogP contribution >= 0.6 is 0 Å². The molecule has 2 rings (SSSR count). The fourth-order valence-electron chi connectivity index (χ4n) is 2.39.